The fourth-order valence-corrected chi connectivity index (χ4v) is 4.82. The summed E-state index contributed by atoms with van der Waals surface area (Å²) in [6.45, 7) is 6.74. The maximum atomic E-state index is 12.0. The van der Waals surface area contributed by atoms with Crippen molar-refractivity contribution in [3.05, 3.63) is 22.6 Å². The van der Waals surface area contributed by atoms with E-state index in [0.717, 1.165) is 92.9 Å². The number of amides is 1. The molecule has 2 aromatic rings. The molecule has 0 saturated carbocycles. The number of aryl methyl sites for hydroxylation is 1. The third-order valence-corrected chi connectivity index (χ3v) is 7.10. The molecule has 10 heteroatoms. The zero-order valence-electron chi connectivity index (χ0n) is 19.7. The molecule has 33 heavy (non-hydrogen) atoms. The van der Waals surface area contributed by atoms with Crippen LogP contribution in [-0.2, 0) is 11.2 Å². The topological polar surface area (TPSA) is 91.2 Å². The average Bonchev–Trinajstić information content (AvgIpc) is 3.23. The number of aromatic nitrogens is 4. The van der Waals surface area contributed by atoms with Crippen molar-refractivity contribution in [3.8, 4) is 0 Å². The van der Waals surface area contributed by atoms with E-state index in [9.17, 15) is 4.79 Å². The molecular weight excluding hydrogens is 484 g/mol. The second kappa shape index (κ2) is 11.3. The van der Waals surface area contributed by atoms with Crippen molar-refractivity contribution in [2.24, 2.45) is 0 Å². The fourth-order valence-electron chi connectivity index (χ4n) is 4.49. The standard InChI is InChI=1S/C23H35BrN8O/c1-3-19-20(16-32(29-19)17-8-13-30(2)14-9-17)27-23-26-15-18(24)22(28-23)25-10-6-12-31-11-5-4-7-21(31)33/h15-17H,3-14H2,1-2H3,(H2,25,26,27,28). The molecule has 0 radical (unpaired) electrons. The fraction of sp³-hybridized carbons (Fsp3) is 0.652. The highest BCUT2D eigenvalue weighted by Crippen LogP contribution is 2.27. The summed E-state index contributed by atoms with van der Waals surface area (Å²) in [5.41, 5.74) is 1.99. The molecule has 0 spiro atoms. The van der Waals surface area contributed by atoms with Crippen molar-refractivity contribution in [1.82, 2.24) is 29.5 Å². The van der Waals surface area contributed by atoms with E-state index in [1.165, 1.54) is 0 Å². The van der Waals surface area contributed by atoms with Gasteiger partial charge < -0.3 is 20.4 Å². The molecule has 2 aliphatic rings. The number of hydrogen-bond donors (Lipinski definition) is 2. The Hall–Kier alpha value is -2.20. The Morgan fingerprint density at radius 3 is 2.79 bits per heavy atom. The van der Waals surface area contributed by atoms with Crippen LogP contribution >= 0.6 is 15.9 Å². The van der Waals surface area contributed by atoms with Crippen LogP contribution in [0.1, 0.15) is 57.2 Å². The van der Waals surface area contributed by atoms with Gasteiger partial charge in [0.05, 0.1) is 21.9 Å². The summed E-state index contributed by atoms with van der Waals surface area (Å²) in [5.74, 6) is 1.58. The molecule has 0 bridgehead atoms. The first-order valence-corrected chi connectivity index (χ1v) is 12.9. The summed E-state index contributed by atoms with van der Waals surface area (Å²) in [7, 11) is 2.17. The molecule has 2 N–H and O–H groups in total. The van der Waals surface area contributed by atoms with Crippen molar-refractivity contribution in [2.75, 3.05) is 50.4 Å². The minimum Gasteiger partial charge on any atom is -0.369 e. The summed E-state index contributed by atoms with van der Waals surface area (Å²) >= 11 is 3.54. The summed E-state index contributed by atoms with van der Waals surface area (Å²) < 4.78 is 2.94. The molecule has 2 aliphatic heterocycles. The lowest BCUT2D eigenvalue weighted by atomic mass is 10.1. The van der Waals surface area contributed by atoms with Crippen LogP contribution in [0.2, 0.25) is 0 Å². The van der Waals surface area contributed by atoms with E-state index >= 15 is 0 Å². The minimum absolute atomic E-state index is 0.281. The first-order valence-electron chi connectivity index (χ1n) is 12.1. The summed E-state index contributed by atoms with van der Waals surface area (Å²) in [6, 6.07) is 0.442. The van der Waals surface area contributed by atoms with Crippen LogP contribution < -0.4 is 10.6 Å². The summed E-state index contributed by atoms with van der Waals surface area (Å²) in [4.78, 5) is 25.4. The number of halogens is 1. The van der Waals surface area contributed by atoms with Crippen molar-refractivity contribution in [3.63, 3.8) is 0 Å². The Morgan fingerprint density at radius 2 is 2.03 bits per heavy atom. The number of rotatable bonds is 9. The lowest BCUT2D eigenvalue weighted by molar-refractivity contribution is -0.133. The molecule has 0 aliphatic carbocycles. The van der Waals surface area contributed by atoms with Crippen LogP contribution in [0.15, 0.2) is 16.9 Å². The first kappa shape index (κ1) is 23.9. The van der Waals surface area contributed by atoms with E-state index in [2.05, 4.69) is 66.3 Å². The Bertz CT molecular complexity index is 941. The molecule has 2 fully saturated rings. The van der Waals surface area contributed by atoms with Crippen LogP contribution in [0.4, 0.5) is 17.5 Å². The highest BCUT2D eigenvalue weighted by Gasteiger charge is 2.21. The predicted octanol–water partition coefficient (Wildman–Crippen LogP) is 3.82. The number of piperidine rings is 2. The predicted molar refractivity (Wildman–Crippen MR) is 134 cm³/mol. The average molecular weight is 519 g/mol. The first-order chi connectivity index (χ1) is 16.0. The number of likely N-dealkylation sites (tertiary alicyclic amines) is 2. The Balaban J connectivity index is 1.35. The molecule has 4 rings (SSSR count). The second-order valence-electron chi connectivity index (χ2n) is 8.99. The van der Waals surface area contributed by atoms with E-state index in [0.29, 0.717) is 18.4 Å². The van der Waals surface area contributed by atoms with Gasteiger partial charge in [0.25, 0.3) is 0 Å². The van der Waals surface area contributed by atoms with Crippen molar-refractivity contribution < 1.29 is 4.79 Å². The van der Waals surface area contributed by atoms with Gasteiger partial charge in [0.1, 0.15) is 5.82 Å². The van der Waals surface area contributed by atoms with Crippen molar-refractivity contribution in [1.29, 1.82) is 0 Å². The van der Waals surface area contributed by atoms with Crippen LogP contribution in [0.3, 0.4) is 0 Å². The van der Waals surface area contributed by atoms with Gasteiger partial charge in [-0.1, -0.05) is 6.92 Å². The van der Waals surface area contributed by atoms with Gasteiger partial charge in [-0.25, -0.2) is 4.98 Å². The van der Waals surface area contributed by atoms with Gasteiger partial charge in [0.15, 0.2) is 0 Å². The normalized spacial score (nSPS) is 18.0. The van der Waals surface area contributed by atoms with E-state index in [1.807, 2.05) is 4.90 Å². The minimum atomic E-state index is 0.281. The molecular formula is C23H35BrN8O. The smallest absolute Gasteiger partial charge is 0.229 e. The molecule has 180 valence electrons. The quantitative estimate of drug-likeness (QED) is 0.487. The number of anilines is 3. The second-order valence-corrected chi connectivity index (χ2v) is 9.85. The van der Waals surface area contributed by atoms with Crippen molar-refractivity contribution >= 4 is 39.3 Å². The summed E-state index contributed by atoms with van der Waals surface area (Å²) in [5, 5.41) is 11.6. The zero-order chi connectivity index (χ0) is 23.2. The third-order valence-electron chi connectivity index (χ3n) is 6.51. The molecule has 4 heterocycles. The summed E-state index contributed by atoms with van der Waals surface area (Å²) in [6.07, 6.45) is 10.6. The Morgan fingerprint density at radius 1 is 1.21 bits per heavy atom. The molecule has 2 saturated heterocycles. The SMILES string of the molecule is CCc1nn(C2CCN(C)CC2)cc1Nc1ncc(Br)c(NCCCN2CCCCC2=O)n1. The number of carbonyl (C=O) groups excluding carboxylic acids is 1. The van der Waals surface area contributed by atoms with Gasteiger partial charge in [0.2, 0.25) is 11.9 Å². The number of nitrogens with one attached hydrogen (secondary N) is 2. The van der Waals surface area contributed by atoms with Gasteiger partial charge in [-0.15, -0.1) is 0 Å². The molecule has 0 aromatic carbocycles. The van der Waals surface area contributed by atoms with E-state index < -0.39 is 0 Å². The lowest BCUT2D eigenvalue weighted by Gasteiger charge is -2.28. The van der Waals surface area contributed by atoms with Gasteiger partial charge >= 0.3 is 0 Å². The van der Waals surface area contributed by atoms with Gasteiger partial charge in [-0.3, -0.25) is 9.48 Å². The maximum absolute atomic E-state index is 12.0. The van der Waals surface area contributed by atoms with Gasteiger partial charge in [-0.2, -0.15) is 10.1 Å². The molecule has 9 nitrogen and oxygen atoms in total. The lowest BCUT2D eigenvalue weighted by Crippen LogP contribution is -2.36. The Kier molecular flexibility index (Phi) is 8.19. The Labute approximate surface area is 204 Å². The van der Waals surface area contributed by atoms with E-state index in [1.54, 1.807) is 6.20 Å². The van der Waals surface area contributed by atoms with Crippen LogP contribution in [0.5, 0.6) is 0 Å². The highest BCUT2D eigenvalue weighted by molar-refractivity contribution is 9.10. The molecule has 0 atom stereocenters. The highest BCUT2D eigenvalue weighted by atomic mass is 79.9. The van der Waals surface area contributed by atoms with Crippen LogP contribution in [-0.4, -0.2) is 75.2 Å². The largest absolute Gasteiger partial charge is 0.369 e. The van der Waals surface area contributed by atoms with E-state index in [4.69, 9.17) is 5.10 Å². The number of hydrogen-bond acceptors (Lipinski definition) is 7. The van der Waals surface area contributed by atoms with Crippen molar-refractivity contribution in [2.45, 2.75) is 57.9 Å². The third kappa shape index (κ3) is 6.23. The molecule has 2 aromatic heterocycles. The monoisotopic (exact) mass is 518 g/mol. The molecule has 1 amide bonds. The molecule has 0 unspecified atom stereocenters. The van der Waals surface area contributed by atoms with Gasteiger partial charge in [0, 0.05) is 38.4 Å². The maximum Gasteiger partial charge on any atom is 0.229 e. The number of carbonyl (C=O) groups is 1. The van der Waals surface area contributed by atoms with Gasteiger partial charge in [-0.05, 0) is 74.6 Å². The number of nitrogens with zero attached hydrogens (tertiary/aromatic N) is 6. The zero-order valence-corrected chi connectivity index (χ0v) is 21.3. The van der Waals surface area contributed by atoms with Crippen LogP contribution in [0, 0.1) is 0 Å². The van der Waals surface area contributed by atoms with E-state index in [-0.39, 0.29) is 5.91 Å². The van der Waals surface area contributed by atoms with Crippen LogP contribution in [0.25, 0.3) is 0 Å².